The van der Waals surface area contributed by atoms with Gasteiger partial charge in [-0.2, -0.15) is 0 Å². The Morgan fingerprint density at radius 1 is 1.33 bits per heavy atom. The van der Waals surface area contributed by atoms with Gasteiger partial charge in [0.1, 0.15) is 0 Å². The maximum atomic E-state index is 12.1. The van der Waals surface area contributed by atoms with Gasteiger partial charge in [0, 0.05) is 24.3 Å². The number of hydrogen-bond acceptors (Lipinski definition) is 3. The van der Waals surface area contributed by atoms with Crippen LogP contribution in [0.4, 0.5) is 0 Å². The molecule has 0 radical (unpaired) electrons. The third-order valence-corrected chi connectivity index (χ3v) is 2.61. The Bertz CT molecular complexity index is 653. The molecule has 0 amide bonds. The molecule has 6 nitrogen and oxygen atoms in total. The standard InChI is InChI=1S/C11H16N4O2.Na/c1-4-14-10(16)8-9(13-6-12-8)15(11(14)17)5-7(2)3;/h6-7H,4-5H2,1-3H3,(H,12,13,16);/q;+1/p-1. The zero-order chi connectivity index (χ0) is 12.6. The molecule has 0 unspecified atom stereocenters. The van der Waals surface area contributed by atoms with Gasteiger partial charge in [-0.15, -0.1) is 0 Å². The Morgan fingerprint density at radius 2 is 2.00 bits per heavy atom. The molecule has 0 bridgehead atoms. The molecule has 0 fully saturated rings. The number of hydrogen-bond donors (Lipinski definition) is 0. The van der Waals surface area contributed by atoms with Gasteiger partial charge in [-0.3, -0.25) is 13.9 Å². The average molecular weight is 258 g/mol. The molecule has 2 aromatic rings. The van der Waals surface area contributed by atoms with E-state index < -0.39 is 0 Å². The molecule has 0 aliphatic carbocycles. The zero-order valence-electron chi connectivity index (χ0n) is 11.2. The van der Waals surface area contributed by atoms with Crippen LogP contribution in [0.25, 0.3) is 11.2 Å². The van der Waals surface area contributed by atoms with Crippen LogP contribution in [0.3, 0.4) is 0 Å². The second-order valence-corrected chi connectivity index (χ2v) is 4.38. The molecule has 2 heterocycles. The van der Waals surface area contributed by atoms with Crippen LogP contribution >= 0.6 is 0 Å². The predicted octanol–water partition coefficient (Wildman–Crippen LogP) is -2.80. The van der Waals surface area contributed by atoms with Gasteiger partial charge >= 0.3 is 35.2 Å². The van der Waals surface area contributed by atoms with Crippen molar-refractivity contribution >= 4 is 11.2 Å². The van der Waals surface area contributed by atoms with Gasteiger partial charge in [-0.25, -0.2) is 4.79 Å². The van der Waals surface area contributed by atoms with E-state index >= 15 is 0 Å². The molecule has 0 atom stereocenters. The Morgan fingerprint density at radius 3 is 2.56 bits per heavy atom. The topological polar surface area (TPSA) is 71.0 Å². The third kappa shape index (κ3) is 2.46. The van der Waals surface area contributed by atoms with Crippen molar-refractivity contribution in [2.45, 2.75) is 33.9 Å². The largest absolute Gasteiger partial charge is 1.00 e. The van der Waals surface area contributed by atoms with Gasteiger partial charge in [0.05, 0.1) is 0 Å². The normalized spacial score (nSPS) is 10.9. The number of nitrogens with zero attached hydrogens (tertiary/aromatic N) is 4. The van der Waals surface area contributed by atoms with E-state index in [4.69, 9.17) is 0 Å². The van der Waals surface area contributed by atoms with Crippen LogP contribution in [0.1, 0.15) is 20.8 Å². The van der Waals surface area contributed by atoms with Crippen molar-refractivity contribution in [2.24, 2.45) is 5.92 Å². The molecule has 2 rings (SSSR count). The minimum absolute atomic E-state index is 0. The van der Waals surface area contributed by atoms with Crippen molar-refractivity contribution in [2.75, 3.05) is 0 Å². The Kier molecular flexibility index (Phi) is 4.95. The number of rotatable bonds is 3. The summed E-state index contributed by atoms with van der Waals surface area (Å²) in [7, 11) is 0. The van der Waals surface area contributed by atoms with E-state index in [9.17, 15) is 9.59 Å². The van der Waals surface area contributed by atoms with Crippen LogP contribution < -0.4 is 45.8 Å². The van der Waals surface area contributed by atoms with E-state index in [2.05, 4.69) is 9.97 Å². The molecule has 0 aromatic carbocycles. The molecular formula is C11H15N4NaO2. The summed E-state index contributed by atoms with van der Waals surface area (Å²) in [5, 5.41) is 0. The van der Waals surface area contributed by atoms with Gasteiger partial charge in [-0.1, -0.05) is 20.2 Å². The summed E-state index contributed by atoms with van der Waals surface area (Å²) >= 11 is 0. The monoisotopic (exact) mass is 258 g/mol. The van der Waals surface area contributed by atoms with Crippen molar-refractivity contribution in [3.63, 3.8) is 0 Å². The van der Waals surface area contributed by atoms with Gasteiger partial charge in [0.2, 0.25) is 0 Å². The zero-order valence-corrected chi connectivity index (χ0v) is 13.2. The maximum Gasteiger partial charge on any atom is 1.00 e. The maximum absolute atomic E-state index is 12.1. The van der Waals surface area contributed by atoms with Crippen molar-refractivity contribution in [3.05, 3.63) is 27.2 Å². The van der Waals surface area contributed by atoms with Crippen LogP contribution in [-0.2, 0) is 13.1 Å². The summed E-state index contributed by atoms with van der Waals surface area (Å²) in [4.78, 5) is 32.0. The van der Waals surface area contributed by atoms with E-state index in [-0.39, 0.29) is 46.3 Å². The first-order valence-corrected chi connectivity index (χ1v) is 5.67. The molecule has 7 heteroatoms. The van der Waals surface area contributed by atoms with E-state index in [1.165, 1.54) is 15.5 Å². The van der Waals surface area contributed by atoms with Crippen LogP contribution in [0, 0.1) is 5.92 Å². The Labute approximate surface area is 126 Å². The minimum atomic E-state index is -0.356. The van der Waals surface area contributed by atoms with Crippen LogP contribution in [0.2, 0.25) is 0 Å². The van der Waals surface area contributed by atoms with Gasteiger partial charge in [-0.05, 0) is 12.8 Å². The van der Waals surface area contributed by atoms with Crippen molar-refractivity contribution < 1.29 is 29.6 Å². The summed E-state index contributed by atoms with van der Waals surface area (Å²) in [6.07, 6.45) is 1.32. The summed E-state index contributed by atoms with van der Waals surface area (Å²) in [5.74, 6) is 0.301. The van der Waals surface area contributed by atoms with E-state index in [0.717, 1.165) is 0 Å². The summed E-state index contributed by atoms with van der Waals surface area (Å²) in [5.41, 5.74) is -0.00490. The fourth-order valence-corrected chi connectivity index (χ4v) is 1.87. The molecule has 92 valence electrons. The SMILES string of the molecule is CCn1c(=O)c2[n-]cnc2n(CC(C)C)c1=O.[Na+]. The van der Waals surface area contributed by atoms with E-state index in [1.54, 1.807) is 6.92 Å². The van der Waals surface area contributed by atoms with Crippen LogP contribution in [0.15, 0.2) is 15.9 Å². The van der Waals surface area contributed by atoms with Crippen molar-refractivity contribution in [1.29, 1.82) is 0 Å². The average Bonchev–Trinajstić information content (AvgIpc) is 2.73. The first-order valence-electron chi connectivity index (χ1n) is 5.67. The number of fused-ring (bicyclic) bond motifs is 1. The first-order chi connectivity index (χ1) is 8.06. The number of aromatic nitrogens is 4. The van der Waals surface area contributed by atoms with E-state index in [0.29, 0.717) is 24.7 Å². The molecule has 2 aromatic heterocycles. The van der Waals surface area contributed by atoms with Gasteiger partial charge < -0.3 is 9.97 Å². The molecular weight excluding hydrogens is 243 g/mol. The molecule has 18 heavy (non-hydrogen) atoms. The fourth-order valence-electron chi connectivity index (χ4n) is 1.87. The predicted molar refractivity (Wildman–Crippen MR) is 64.1 cm³/mol. The molecule has 0 saturated heterocycles. The first kappa shape index (κ1) is 15.2. The Hall–Kier alpha value is -0.850. The van der Waals surface area contributed by atoms with E-state index in [1.807, 2.05) is 13.8 Å². The van der Waals surface area contributed by atoms with Gasteiger partial charge in [0.25, 0.3) is 5.56 Å². The fraction of sp³-hybridized carbons (Fsp3) is 0.545. The molecule has 0 spiro atoms. The summed E-state index contributed by atoms with van der Waals surface area (Å²) in [6, 6.07) is 0. The minimum Gasteiger partial charge on any atom is -0.437 e. The second kappa shape index (κ2) is 5.86. The van der Waals surface area contributed by atoms with Crippen LogP contribution in [-0.4, -0.2) is 14.1 Å². The molecule has 0 saturated carbocycles. The quantitative estimate of drug-likeness (QED) is 0.557. The molecule has 0 N–H and O–H groups in total. The second-order valence-electron chi connectivity index (χ2n) is 4.38. The van der Waals surface area contributed by atoms with Gasteiger partial charge in [0.15, 0.2) is 0 Å². The number of imidazole rings is 1. The van der Waals surface area contributed by atoms with Crippen LogP contribution in [0.5, 0.6) is 0 Å². The smallest absolute Gasteiger partial charge is 0.437 e. The molecule has 0 aliphatic rings. The van der Waals surface area contributed by atoms with Crippen molar-refractivity contribution in [3.8, 4) is 0 Å². The third-order valence-electron chi connectivity index (χ3n) is 2.61. The van der Waals surface area contributed by atoms with Crippen molar-refractivity contribution in [1.82, 2.24) is 19.1 Å². The molecule has 0 aliphatic heterocycles. The Balaban J connectivity index is 0.00000162. The summed E-state index contributed by atoms with van der Waals surface area (Å²) in [6.45, 7) is 6.67. The summed E-state index contributed by atoms with van der Waals surface area (Å²) < 4.78 is 2.72.